The summed E-state index contributed by atoms with van der Waals surface area (Å²) >= 11 is 0. The highest BCUT2D eigenvalue weighted by Crippen LogP contribution is 2.11. The Morgan fingerprint density at radius 3 is 2.33 bits per heavy atom. The summed E-state index contributed by atoms with van der Waals surface area (Å²) in [7, 11) is 0. The van der Waals surface area contributed by atoms with Crippen LogP contribution in [-0.2, 0) is 6.42 Å². The van der Waals surface area contributed by atoms with Crippen LogP contribution in [-0.4, -0.2) is 10.9 Å². The van der Waals surface area contributed by atoms with E-state index in [4.69, 9.17) is 5.21 Å². The lowest BCUT2D eigenvalue weighted by Crippen LogP contribution is -2.05. The molecule has 0 amide bonds. The van der Waals surface area contributed by atoms with Crippen molar-refractivity contribution in [2.24, 2.45) is 5.16 Å². The van der Waals surface area contributed by atoms with Gasteiger partial charge in [-0.15, -0.1) is 0 Å². The lowest BCUT2D eigenvalue weighted by molar-refractivity contribution is 0.318. The van der Waals surface area contributed by atoms with Gasteiger partial charge < -0.3 is 5.21 Å². The minimum absolute atomic E-state index is 0.278. The van der Waals surface area contributed by atoms with Gasteiger partial charge in [0.25, 0.3) is 0 Å². The van der Waals surface area contributed by atoms with Crippen molar-refractivity contribution in [2.75, 3.05) is 0 Å². The van der Waals surface area contributed by atoms with E-state index >= 15 is 0 Å². The first-order valence-corrected chi connectivity index (χ1v) is 5.40. The highest BCUT2D eigenvalue weighted by Gasteiger charge is 2.06. The van der Waals surface area contributed by atoms with Gasteiger partial charge in [0.2, 0.25) is 0 Å². The van der Waals surface area contributed by atoms with Crippen molar-refractivity contribution in [3.05, 3.63) is 71.3 Å². The molecule has 92 valence electrons. The Kier molecular flexibility index (Phi) is 3.67. The molecule has 0 fully saturated rings. The molecule has 0 heterocycles. The molecule has 18 heavy (non-hydrogen) atoms. The summed E-state index contributed by atoms with van der Waals surface area (Å²) in [6.45, 7) is 0. The quantitative estimate of drug-likeness (QED) is 0.503. The van der Waals surface area contributed by atoms with E-state index < -0.39 is 0 Å². The number of benzene rings is 2. The predicted molar refractivity (Wildman–Crippen MR) is 64.8 cm³/mol. The molecule has 0 aliphatic heterocycles. The number of oxime groups is 1. The number of nitrogens with zero attached hydrogens (tertiary/aromatic N) is 1. The Morgan fingerprint density at radius 1 is 1.00 bits per heavy atom. The Labute approximate surface area is 103 Å². The maximum absolute atomic E-state index is 13.0. The summed E-state index contributed by atoms with van der Waals surface area (Å²) in [5, 5.41) is 12.2. The Balaban J connectivity index is 2.23. The van der Waals surface area contributed by atoms with Crippen LogP contribution in [0.4, 0.5) is 8.78 Å². The van der Waals surface area contributed by atoms with Crippen LogP contribution in [0.25, 0.3) is 0 Å². The normalized spacial score (nSPS) is 11.6. The zero-order valence-corrected chi connectivity index (χ0v) is 9.48. The molecule has 2 aromatic rings. The molecule has 0 saturated carbocycles. The van der Waals surface area contributed by atoms with Gasteiger partial charge in [0.05, 0.1) is 5.71 Å². The molecule has 0 aromatic heterocycles. The van der Waals surface area contributed by atoms with Gasteiger partial charge in [-0.1, -0.05) is 29.4 Å². The van der Waals surface area contributed by atoms with Crippen LogP contribution >= 0.6 is 0 Å². The summed E-state index contributed by atoms with van der Waals surface area (Å²) in [6.07, 6.45) is 0.278. The SMILES string of the molecule is ON=C(Cc1cccc(F)c1)c1ccc(F)cc1. The van der Waals surface area contributed by atoms with Gasteiger partial charge in [-0.3, -0.25) is 0 Å². The third kappa shape index (κ3) is 2.91. The fourth-order valence-electron chi connectivity index (χ4n) is 1.68. The second-order valence-corrected chi connectivity index (χ2v) is 3.86. The maximum Gasteiger partial charge on any atom is 0.123 e. The molecular formula is C14H11F2NO. The number of rotatable bonds is 3. The van der Waals surface area contributed by atoms with Gasteiger partial charge in [0.1, 0.15) is 11.6 Å². The molecule has 0 unspecified atom stereocenters. The van der Waals surface area contributed by atoms with E-state index in [1.807, 2.05) is 0 Å². The van der Waals surface area contributed by atoms with Gasteiger partial charge in [-0.05, 0) is 35.4 Å². The fraction of sp³-hybridized carbons (Fsp3) is 0.0714. The smallest absolute Gasteiger partial charge is 0.123 e. The van der Waals surface area contributed by atoms with Gasteiger partial charge in [-0.2, -0.15) is 0 Å². The predicted octanol–water partition coefficient (Wildman–Crippen LogP) is 3.39. The van der Waals surface area contributed by atoms with Gasteiger partial charge in [0.15, 0.2) is 0 Å². The van der Waals surface area contributed by atoms with Crippen LogP contribution in [0.1, 0.15) is 11.1 Å². The first-order valence-electron chi connectivity index (χ1n) is 5.40. The van der Waals surface area contributed by atoms with Gasteiger partial charge >= 0.3 is 0 Å². The third-order valence-electron chi connectivity index (χ3n) is 2.56. The number of hydrogen-bond acceptors (Lipinski definition) is 2. The average molecular weight is 247 g/mol. The van der Waals surface area contributed by atoms with Gasteiger partial charge in [-0.25, -0.2) is 8.78 Å². The van der Waals surface area contributed by atoms with Crippen LogP contribution in [0.2, 0.25) is 0 Å². The molecule has 0 bridgehead atoms. The van der Waals surface area contributed by atoms with Crippen molar-refractivity contribution in [1.29, 1.82) is 0 Å². The molecule has 0 saturated heterocycles. The molecule has 2 nitrogen and oxygen atoms in total. The van der Waals surface area contributed by atoms with Crippen molar-refractivity contribution in [3.63, 3.8) is 0 Å². The summed E-state index contributed by atoms with van der Waals surface area (Å²) in [5.41, 5.74) is 1.65. The first kappa shape index (κ1) is 12.2. The summed E-state index contributed by atoms with van der Waals surface area (Å²) in [4.78, 5) is 0. The van der Waals surface area contributed by atoms with Crippen LogP contribution in [0.5, 0.6) is 0 Å². The minimum atomic E-state index is -0.359. The lowest BCUT2D eigenvalue weighted by atomic mass is 10.0. The topological polar surface area (TPSA) is 32.6 Å². The van der Waals surface area contributed by atoms with E-state index in [2.05, 4.69) is 5.16 Å². The van der Waals surface area contributed by atoms with Gasteiger partial charge in [0, 0.05) is 6.42 Å². The van der Waals surface area contributed by atoms with Crippen molar-refractivity contribution >= 4 is 5.71 Å². The molecule has 4 heteroatoms. The van der Waals surface area contributed by atoms with Crippen LogP contribution in [0.3, 0.4) is 0 Å². The molecular weight excluding hydrogens is 236 g/mol. The standard InChI is InChI=1S/C14H11F2NO/c15-12-6-4-11(5-7-12)14(17-18)9-10-2-1-3-13(16)8-10/h1-8,18H,9H2. The van der Waals surface area contributed by atoms with E-state index in [1.165, 1.54) is 36.4 Å². The highest BCUT2D eigenvalue weighted by atomic mass is 19.1. The lowest BCUT2D eigenvalue weighted by Gasteiger charge is -2.05. The average Bonchev–Trinajstić information content (AvgIpc) is 2.37. The Morgan fingerprint density at radius 2 is 1.72 bits per heavy atom. The molecule has 0 atom stereocenters. The van der Waals surface area contributed by atoms with Crippen molar-refractivity contribution < 1.29 is 14.0 Å². The van der Waals surface area contributed by atoms with E-state index in [-0.39, 0.29) is 18.1 Å². The third-order valence-corrected chi connectivity index (χ3v) is 2.56. The first-order chi connectivity index (χ1) is 8.69. The van der Waals surface area contributed by atoms with E-state index in [0.717, 1.165) is 0 Å². The number of hydrogen-bond donors (Lipinski definition) is 1. The van der Waals surface area contributed by atoms with Crippen molar-refractivity contribution in [2.45, 2.75) is 6.42 Å². The molecule has 0 aliphatic rings. The second-order valence-electron chi connectivity index (χ2n) is 3.86. The van der Waals surface area contributed by atoms with E-state index in [0.29, 0.717) is 16.8 Å². The van der Waals surface area contributed by atoms with Crippen LogP contribution in [0, 0.1) is 11.6 Å². The largest absolute Gasteiger partial charge is 0.411 e. The van der Waals surface area contributed by atoms with Crippen molar-refractivity contribution in [3.8, 4) is 0 Å². The maximum atomic E-state index is 13.0. The molecule has 1 N–H and O–H groups in total. The molecule has 2 rings (SSSR count). The summed E-state index contributed by atoms with van der Waals surface area (Å²) < 4.78 is 25.8. The van der Waals surface area contributed by atoms with Crippen LogP contribution < -0.4 is 0 Å². The Hall–Kier alpha value is -2.23. The second kappa shape index (κ2) is 5.40. The molecule has 2 aromatic carbocycles. The zero-order chi connectivity index (χ0) is 13.0. The van der Waals surface area contributed by atoms with E-state index in [1.54, 1.807) is 12.1 Å². The van der Waals surface area contributed by atoms with Crippen molar-refractivity contribution in [1.82, 2.24) is 0 Å². The van der Waals surface area contributed by atoms with E-state index in [9.17, 15) is 8.78 Å². The molecule has 0 spiro atoms. The fourth-order valence-corrected chi connectivity index (χ4v) is 1.68. The zero-order valence-electron chi connectivity index (χ0n) is 9.48. The molecule has 0 radical (unpaired) electrons. The van der Waals surface area contributed by atoms with Crippen LogP contribution in [0.15, 0.2) is 53.7 Å². The Bertz CT molecular complexity index is 564. The number of halogens is 2. The highest BCUT2D eigenvalue weighted by molar-refractivity contribution is 6.01. The monoisotopic (exact) mass is 247 g/mol. The summed E-state index contributed by atoms with van der Waals surface area (Å²) in [5.74, 6) is -0.703. The minimum Gasteiger partial charge on any atom is -0.411 e. The molecule has 0 aliphatic carbocycles. The summed E-state index contributed by atoms with van der Waals surface area (Å²) in [6, 6.07) is 11.6.